The Morgan fingerprint density at radius 1 is 1.35 bits per heavy atom. The fourth-order valence-corrected chi connectivity index (χ4v) is 2.05. The molecular weight excluding hydrogens is 248 g/mol. The highest BCUT2D eigenvalue weighted by molar-refractivity contribution is 5.96. The highest BCUT2D eigenvalue weighted by Crippen LogP contribution is 2.19. The number of unbranched alkanes of at least 4 members (excludes halogenated alkanes) is 1. The number of rotatable bonds is 7. The van der Waals surface area contributed by atoms with Gasteiger partial charge < -0.3 is 4.90 Å². The first-order valence-electron chi connectivity index (χ1n) is 7.37. The smallest absolute Gasteiger partial charge is 0.253 e. The molecule has 0 radical (unpaired) electrons. The van der Waals surface area contributed by atoms with E-state index in [4.69, 9.17) is 5.26 Å². The van der Waals surface area contributed by atoms with Crippen LogP contribution in [-0.4, -0.2) is 23.9 Å². The molecule has 0 atom stereocenters. The molecule has 0 aromatic carbocycles. The quantitative estimate of drug-likeness (QED) is 0.525. The molecule has 3 nitrogen and oxygen atoms in total. The van der Waals surface area contributed by atoms with E-state index in [2.05, 4.69) is 26.5 Å². The van der Waals surface area contributed by atoms with E-state index in [0.29, 0.717) is 13.1 Å². The second-order valence-electron chi connectivity index (χ2n) is 5.23. The van der Waals surface area contributed by atoms with Gasteiger partial charge in [-0.3, -0.25) is 4.79 Å². The van der Waals surface area contributed by atoms with E-state index in [1.54, 1.807) is 4.90 Å². The molecule has 0 aromatic rings. The summed E-state index contributed by atoms with van der Waals surface area (Å²) in [6, 6.07) is 2.19. The summed E-state index contributed by atoms with van der Waals surface area (Å²) in [6.07, 6.45) is 9.70. The number of carbonyl (C=O) groups excluding carboxylic acids is 1. The van der Waals surface area contributed by atoms with Gasteiger partial charge in [-0.25, -0.2) is 0 Å². The van der Waals surface area contributed by atoms with Crippen LogP contribution in [0.1, 0.15) is 39.5 Å². The molecule has 1 aliphatic heterocycles. The van der Waals surface area contributed by atoms with Crippen LogP contribution >= 0.6 is 0 Å². The molecule has 1 fully saturated rings. The zero-order valence-corrected chi connectivity index (χ0v) is 12.6. The Morgan fingerprint density at radius 2 is 2.05 bits per heavy atom. The van der Waals surface area contributed by atoms with E-state index in [-0.39, 0.29) is 11.8 Å². The maximum atomic E-state index is 12.3. The van der Waals surface area contributed by atoms with Crippen LogP contribution in [0.25, 0.3) is 0 Å². The van der Waals surface area contributed by atoms with Crippen molar-refractivity contribution in [2.75, 3.05) is 13.1 Å². The molecule has 1 heterocycles. The summed E-state index contributed by atoms with van der Waals surface area (Å²) in [7, 11) is 0. The monoisotopic (exact) mass is 272 g/mol. The van der Waals surface area contributed by atoms with Crippen molar-refractivity contribution in [1.29, 1.82) is 5.26 Å². The third-order valence-electron chi connectivity index (χ3n) is 3.32. The van der Waals surface area contributed by atoms with E-state index in [9.17, 15) is 4.79 Å². The third-order valence-corrected chi connectivity index (χ3v) is 3.32. The highest BCUT2D eigenvalue weighted by Gasteiger charge is 2.31. The number of amides is 1. The lowest BCUT2D eigenvalue weighted by atomic mass is 9.99. The molecule has 0 spiro atoms. The minimum Gasteiger partial charge on any atom is -0.336 e. The van der Waals surface area contributed by atoms with Gasteiger partial charge in [-0.05, 0) is 18.9 Å². The molecule has 1 saturated heterocycles. The molecule has 108 valence electrons. The molecule has 0 aromatic heterocycles. The van der Waals surface area contributed by atoms with E-state index in [0.717, 1.165) is 36.8 Å². The Labute approximate surface area is 122 Å². The van der Waals surface area contributed by atoms with Gasteiger partial charge in [0.1, 0.15) is 0 Å². The predicted molar refractivity (Wildman–Crippen MR) is 81.9 cm³/mol. The van der Waals surface area contributed by atoms with Gasteiger partial charge in [0.15, 0.2) is 0 Å². The molecule has 0 aliphatic carbocycles. The molecule has 0 N–H and O–H groups in total. The summed E-state index contributed by atoms with van der Waals surface area (Å²) >= 11 is 0. The Hall–Kier alpha value is -1.82. The summed E-state index contributed by atoms with van der Waals surface area (Å²) in [5.41, 5.74) is 1.77. The predicted octanol–water partition coefficient (Wildman–Crippen LogP) is 3.61. The number of hydrogen-bond acceptors (Lipinski definition) is 2. The molecule has 1 aliphatic rings. The lowest BCUT2D eigenvalue weighted by Gasteiger charge is -2.35. The van der Waals surface area contributed by atoms with E-state index >= 15 is 0 Å². The van der Waals surface area contributed by atoms with Gasteiger partial charge in [0.2, 0.25) is 0 Å². The number of nitrogens with zero attached hydrogens (tertiary/aromatic N) is 2. The molecule has 3 heteroatoms. The maximum absolute atomic E-state index is 12.3. The van der Waals surface area contributed by atoms with Crippen LogP contribution in [0.15, 0.2) is 36.0 Å². The number of nitriles is 1. The van der Waals surface area contributed by atoms with Gasteiger partial charge in [-0.2, -0.15) is 5.26 Å². The summed E-state index contributed by atoms with van der Waals surface area (Å²) in [5, 5.41) is 8.77. The van der Waals surface area contributed by atoms with Crippen molar-refractivity contribution in [3.05, 3.63) is 36.0 Å². The summed E-state index contributed by atoms with van der Waals surface area (Å²) in [4.78, 5) is 14.1. The van der Waals surface area contributed by atoms with Gasteiger partial charge in [0.25, 0.3) is 5.91 Å². The lowest BCUT2D eigenvalue weighted by Crippen LogP contribution is -2.49. The Kier molecular flexibility index (Phi) is 6.79. The minimum absolute atomic E-state index is 0.00501. The Balaban J connectivity index is 2.68. The third kappa shape index (κ3) is 4.70. The molecule has 1 amide bonds. The van der Waals surface area contributed by atoms with Crippen molar-refractivity contribution in [1.82, 2.24) is 4.90 Å². The number of allylic oxidation sites excluding steroid dienone is 3. The van der Waals surface area contributed by atoms with Crippen molar-refractivity contribution in [2.45, 2.75) is 39.5 Å². The van der Waals surface area contributed by atoms with Crippen molar-refractivity contribution in [2.24, 2.45) is 5.92 Å². The average molecular weight is 272 g/mol. The summed E-state index contributed by atoms with van der Waals surface area (Å²) in [6.45, 7) is 9.30. The second-order valence-corrected chi connectivity index (χ2v) is 5.23. The van der Waals surface area contributed by atoms with E-state index in [1.807, 2.05) is 18.2 Å². The fourth-order valence-electron chi connectivity index (χ4n) is 2.05. The number of hydrogen-bond donors (Lipinski definition) is 0. The number of likely N-dealkylation sites (tertiary alicyclic amines) is 1. The van der Waals surface area contributed by atoms with Crippen molar-refractivity contribution >= 4 is 5.91 Å². The molecule has 0 saturated carbocycles. The Morgan fingerprint density at radius 3 is 2.60 bits per heavy atom. The van der Waals surface area contributed by atoms with Crippen LogP contribution in [0.2, 0.25) is 0 Å². The zero-order chi connectivity index (χ0) is 15.0. The number of carbonyl (C=O) groups is 1. The average Bonchev–Trinajstić information content (AvgIpc) is 2.37. The molecule has 0 unspecified atom stereocenters. The van der Waals surface area contributed by atoms with Crippen molar-refractivity contribution in [3.63, 3.8) is 0 Å². The largest absolute Gasteiger partial charge is 0.336 e. The van der Waals surface area contributed by atoms with Gasteiger partial charge in [-0.1, -0.05) is 51.0 Å². The van der Waals surface area contributed by atoms with Crippen molar-refractivity contribution in [3.8, 4) is 6.07 Å². The second kappa shape index (κ2) is 8.37. The normalized spacial score (nSPS) is 16.1. The first-order chi connectivity index (χ1) is 9.62. The molecule has 1 rings (SSSR count). The first kappa shape index (κ1) is 16.2. The maximum Gasteiger partial charge on any atom is 0.253 e. The molecule has 20 heavy (non-hydrogen) atoms. The van der Waals surface area contributed by atoms with Crippen LogP contribution in [0.5, 0.6) is 0 Å². The minimum atomic E-state index is 0.00501. The van der Waals surface area contributed by atoms with Gasteiger partial charge in [0.05, 0.1) is 12.0 Å². The standard InChI is InChI=1S/C17H24N2O/c1-4-6-8-16(10-9-14(3)7-5-2)17(20)19-12-15(11-18)13-19/h8-10,15H,3-7,12-13H2,1-2H3/b10-9-,16-8+. The van der Waals surface area contributed by atoms with Crippen LogP contribution in [0.4, 0.5) is 0 Å². The van der Waals surface area contributed by atoms with Gasteiger partial charge in [-0.15, -0.1) is 0 Å². The zero-order valence-electron chi connectivity index (χ0n) is 12.6. The van der Waals surface area contributed by atoms with Crippen LogP contribution < -0.4 is 0 Å². The van der Waals surface area contributed by atoms with E-state index < -0.39 is 0 Å². The lowest BCUT2D eigenvalue weighted by molar-refractivity contribution is -0.131. The van der Waals surface area contributed by atoms with Crippen LogP contribution in [-0.2, 0) is 4.79 Å². The Bertz CT molecular complexity index is 448. The summed E-state index contributed by atoms with van der Waals surface area (Å²) < 4.78 is 0. The highest BCUT2D eigenvalue weighted by atomic mass is 16.2. The van der Waals surface area contributed by atoms with Crippen molar-refractivity contribution < 1.29 is 4.79 Å². The van der Waals surface area contributed by atoms with Crippen LogP contribution in [0.3, 0.4) is 0 Å². The SMILES string of the molecule is C=C(/C=C\C(=C/CCC)C(=O)N1CC(C#N)C1)CCC. The van der Waals surface area contributed by atoms with Gasteiger partial charge >= 0.3 is 0 Å². The summed E-state index contributed by atoms with van der Waals surface area (Å²) in [5.74, 6) is 0.0379. The van der Waals surface area contributed by atoms with Gasteiger partial charge in [0, 0.05) is 18.7 Å². The molecule has 0 bridgehead atoms. The van der Waals surface area contributed by atoms with Crippen LogP contribution in [0, 0.1) is 17.2 Å². The fraction of sp³-hybridized carbons (Fsp3) is 0.529. The topological polar surface area (TPSA) is 44.1 Å². The first-order valence-corrected chi connectivity index (χ1v) is 7.37. The molecular formula is C17H24N2O. The van der Waals surface area contributed by atoms with E-state index in [1.165, 1.54) is 0 Å².